The standard InChI is InChI=1S/C14H16F2N2/c1-9-6-11(10(2)18(9)3)8-17-12-4-5-13(15)14(16)7-12/h4-7,17H,8H2,1-3H3. The average molecular weight is 250 g/mol. The van der Waals surface area contributed by atoms with Gasteiger partial charge in [0.15, 0.2) is 11.6 Å². The molecule has 0 amide bonds. The number of hydrogen-bond acceptors (Lipinski definition) is 1. The lowest BCUT2D eigenvalue weighted by atomic mass is 10.2. The topological polar surface area (TPSA) is 17.0 Å². The third kappa shape index (κ3) is 2.37. The lowest BCUT2D eigenvalue weighted by Gasteiger charge is -2.07. The molecule has 0 bridgehead atoms. The number of rotatable bonds is 3. The van der Waals surface area contributed by atoms with E-state index < -0.39 is 11.6 Å². The van der Waals surface area contributed by atoms with E-state index in [2.05, 4.69) is 16.0 Å². The van der Waals surface area contributed by atoms with E-state index in [1.165, 1.54) is 23.5 Å². The summed E-state index contributed by atoms with van der Waals surface area (Å²) in [5.74, 6) is -1.66. The molecule has 2 nitrogen and oxygen atoms in total. The van der Waals surface area contributed by atoms with E-state index in [4.69, 9.17) is 0 Å². The number of aromatic nitrogens is 1. The quantitative estimate of drug-likeness (QED) is 0.881. The van der Waals surface area contributed by atoms with Crippen LogP contribution in [0.25, 0.3) is 0 Å². The largest absolute Gasteiger partial charge is 0.381 e. The van der Waals surface area contributed by atoms with Crippen molar-refractivity contribution in [3.05, 3.63) is 52.9 Å². The summed E-state index contributed by atoms with van der Waals surface area (Å²) in [5, 5.41) is 3.09. The zero-order valence-electron chi connectivity index (χ0n) is 10.7. The Kier molecular flexibility index (Phi) is 3.36. The minimum absolute atomic E-state index is 0.579. The smallest absolute Gasteiger partial charge is 0.160 e. The van der Waals surface area contributed by atoms with Crippen molar-refractivity contribution in [1.29, 1.82) is 0 Å². The first-order valence-corrected chi connectivity index (χ1v) is 5.79. The van der Waals surface area contributed by atoms with Crippen LogP contribution in [0.3, 0.4) is 0 Å². The van der Waals surface area contributed by atoms with Crippen molar-refractivity contribution in [2.75, 3.05) is 5.32 Å². The van der Waals surface area contributed by atoms with Crippen LogP contribution in [0.4, 0.5) is 14.5 Å². The second kappa shape index (κ2) is 4.80. The van der Waals surface area contributed by atoms with Crippen molar-refractivity contribution in [2.24, 2.45) is 7.05 Å². The summed E-state index contributed by atoms with van der Waals surface area (Å²) in [6.07, 6.45) is 0. The number of hydrogen-bond donors (Lipinski definition) is 1. The summed E-state index contributed by atoms with van der Waals surface area (Å²) in [4.78, 5) is 0. The SMILES string of the molecule is Cc1cc(CNc2ccc(F)c(F)c2)c(C)n1C. The van der Waals surface area contributed by atoms with Gasteiger partial charge in [-0.3, -0.25) is 0 Å². The van der Waals surface area contributed by atoms with Crippen LogP contribution in [0.15, 0.2) is 24.3 Å². The molecule has 0 aliphatic rings. The number of aryl methyl sites for hydroxylation is 1. The first-order valence-electron chi connectivity index (χ1n) is 5.79. The van der Waals surface area contributed by atoms with Gasteiger partial charge in [0.25, 0.3) is 0 Å². The van der Waals surface area contributed by atoms with E-state index in [1.807, 2.05) is 20.9 Å². The fourth-order valence-electron chi connectivity index (χ4n) is 1.92. The Labute approximate surface area is 105 Å². The number of anilines is 1. The summed E-state index contributed by atoms with van der Waals surface area (Å²) >= 11 is 0. The monoisotopic (exact) mass is 250 g/mol. The number of nitrogens with zero attached hydrogens (tertiary/aromatic N) is 1. The molecule has 0 unspecified atom stereocenters. The minimum Gasteiger partial charge on any atom is -0.381 e. The Bertz CT molecular complexity index is 573. The van der Waals surface area contributed by atoms with Crippen molar-refractivity contribution in [2.45, 2.75) is 20.4 Å². The maximum Gasteiger partial charge on any atom is 0.160 e. The lowest BCUT2D eigenvalue weighted by molar-refractivity contribution is 0.509. The maximum atomic E-state index is 13.0. The van der Waals surface area contributed by atoms with Gasteiger partial charge >= 0.3 is 0 Å². The zero-order valence-corrected chi connectivity index (χ0v) is 10.7. The van der Waals surface area contributed by atoms with Crippen LogP contribution in [0.1, 0.15) is 17.0 Å². The van der Waals surface area contributed by atoms with Gasteiger partial charge < -0.3 is 9.88 Å². The summed E-state index contributed by atoms with van der Waals surface area (Å²) in [6, 6.07) is 5.91. The second-order valence-corrected chi connectivity index (χ2v) is 4.44. The van der Waals surface area contributed by atoms with Crippen LogP contribution in [0.5, 0.6) is 0 Å². The molecule has 0 spiro atoms. The van der Waals surface area contributed by atoms with Gasteiger partial charge in [0.05, 0.1) is 0 Å². The van der Waals surface area contributed by atoms with Gasteiger partial charge in [-0.2, -0.15) is 0 Å². The Morgan fingerprint density at radius 3 is 2.39 bits per heavy atom. The number of halogens is 2. The predicted molar refractivity (Wildman–Crippen MR) is 68.6 cm³/mol. The molecule has 4 heteroatoms. The van der Waals surface area contributed by atoms with Gasteiger partial charge in [0, 0.05) is 36.7 Å². The predicted octanol–water partition coefficient (Wildman–Crippen LogP) is 3.53. The van der Waals surface area contributed by atoms with Crippen molar-refractivity contribution in [3.63, 3.8) is 0 Å². The Morgan fingerprint density at radius 1 is 1.11 bits per heavy atom. The third-order valence-corrected chi connectivity index (χ3v) is 3.28. The summed E-state index contributed by atoms with van der Waals surface area (Å²) in [7, 11) is 2.01. The van der Waals surface area contributed by atoms with Gasteiger partial charge in [0.1, 0.15) is 0 Å². The van der Waals surface area contributed by atoms with E-state index in [-0.39, 0.29) is 0 Å². The minimum atomic E-state index is -0.832. The first kappa shape index (κ1) is 12.6. The van der Waals surface area contributed by atoms with Gasteiger partial charge in [0.2, 0.25) is 0 Å². The molecule has 0 radical (unpaired) electrons. The van der Waals surface area contributed by atoms with Crippen molar-refractivity contribution >= 4 is 5.69 Å². The molecular weight excluding hydrogens is 234 g/mol. The van der Waals surface area contributed by atoms with Crippen LogP contribution in [-0.2, 0) is 13.6 Å². The first-order chi connectivity index (χ1) is 8.49. The molecule has 0 saturated carbocycles. The van der Waals surface area contributed by atoms with Crippen molar-refractivity contribution in [1.82, 2.24) is 4.57 Å². The highest BCUT2D eigenvalue weighted by atomic mass is 19.2. The van der Waals surface area contributed by atoms with Gasteiger partial charge in [-0.05, 0) is 37.6 Å². The van der Waals surface area contributed by atoms with Gasteiger partial charge in [-0.1, -0.05) is 0 Å². The summed E-state index contributed by atoms with van der Waals surface area (Å²) < 4.78 is 27.9. The maximum absolute atomic E-state index is 13.0. The van der Waals surface area contributed by atoms with E-state index in [0.29, 0.717) is 12.2 Å². The van der Waals surface area contributed by atoms with E-state index in [9.17, 15) is 8.78 Å². The Morgan fingerprint density at radius 2 is 1.83 bits per heavy atom. The summed E-state index contributed by atoms with van der Waals surface area (Å²) in [5.41, 5.74) is 4.08. The molecular formula is C14H16F2N2. The molecule has 0 aliphatic carbocycles. The molecule has 1 aromatic carbocycles. The third-order valence-electron chi connectivity index (χ3n) is 3.28. The van der Waals surface area contributed by atoms with E-state index >= 15 is 0 Å². The lowest BCUT2D eigenvalue weighted by Crippen LogP contribution is -2.02. The molecule has 0 fully saturated rings. The van der Waals surface area contributed by atoms with Crippen LogP contribution in [-0.4, -0.2) is 4.57 Å². The Hall–Kier alpha value is -1.84. The van der Waals surface area contributed by atoms with Crippen LogP contribution >= 0.6 is 0 Å². The normalized spacial score (nSPS) is 10.7. The molecule has 1 heterocycles. The fourth-order valence-corrected chi connectivity index (χ4v) is 1.92. The average Bonchev–Trinajstić information content (AvgIpc) is 2.58. The molecule has 1 aromatic heterocycles. The van der Waals surface area contributed by atoms with Crippen LogP contribution < -0.4 is 5.32 Å². The molecule has 18 heavy (non-hydrogen) atoms. The fraction of sp³-hybridized carbons (Fsp3) is 0.286. The second-order valence-electron chi connectivity index (χ2n) is 4.44. The molecule has 2 rings (SSSR count). The highest BCUT2D eigenvalue weighted by molar-refractivity contribution is 5.44. The van der Waals surface area contributed by atoms with Gasteiger partial charge in [-0.25, -0.2) is 8.78 Å². The van der Waals surface area contributed by atoms with Crippen molar-refractivity contribution < 1.29 is 8.78 Å². The molecule has 0 aliphatic heterocycles. The van der Waals surface area contributed by atoms with Crippen molar-refractivity contribution in [3.8, 4) is 0 Å². The molecule has 0 saturated heterocycles. The highest BCUT2D eigenvalue weighted by Crippen LogP contribution is 2.17. The molecule has 96 valence electrons. The zero-order chi connectivity index (χ0) is 13.3. The molecule has 0 atom stereocenters. The van der Waals surface area contributed by atoms with E-state index in [0.717, 1.165) is 11.6 Å². The van der Waals surface area contributed by atoms with Crippen LogP contribution in [0.2, 0.25) is 0 Å². The van der Waals surface area contributed by atoms with Gasteiger partial charge in [-0.15, -0.1) is 0 Å². The highest BCUT2D eigenvalue weighted by Gasteiger charge is 2.06. The number of benzene rings is 1. The number of nitrogens with one attached hydrogen (secondary N) is 1. The van der Waals surface area contributed by atoms with E-state index in [1.54, 1.807) is 0 Å². The molecule has 1 N–H and O–H groups in total. The summed E-state index contributed by atoms with van der Waals surface area (Å²) in [6.45, 7) is 4.67. The van der Waals surface area contributed by atoms with Crippen LogP contribution in [0, 0.1) is 25.5 Å². The Balaban J connectivity index is 2.11. The molecule has 2 aromatic rings.